The summed E-state index contributed by atoms with van der Waals surface area (Å²) in [5.41, 5.74) is -0.803. The van der Waals surface area contributed by atoms with E-state index in [4.69, 9.17) is 11.6 Å². The van der Waals surface area contributed by atoms with Crippen LogP contribution in [0.2, 0.25) is 5.02 Å². The molecule has 19 heavy (non-hydrogen) atoms. The number of aldehydes is 1. The number of carbonyl (C=O) groups excluding carboxylic acids is 1. The largest absolute Gasteiger partial charge is 0.302 e. The number of carbonyl (C=O) groups is 1. The highest BCUT2D eigenvalue weighted by atomic mass is 35.5. The van der Waals surface area contributed by atoms with Gasteiger partial charge in [-0.3, -0.25) is 0 Å². The fraction of sp³-hybridized carbons (Fsp3) is 0.385. The van der Waals surface area contributed by atoms with Crippen molar-refractivity contribution in [1.82, 2.24) is 0 Å². The molecule has 1 aliphatic rings. The summed E-state index contributed by atoms with van der Waals surface area (Å²) in [5, 5.41) is 8.77. The van der Waals surface area contributed by atoms with E-state index in [1.807, 2.05) is 6.07 Å². The Morgan fingerprint density at radius 3 is 2.42 bits per heavy atom. The topological polar surface area (TPSA) is 75.0 Å². The van der Waals surface area contributed by atoms with Crippen LogP contribution in [0.1, 0.15) is 18.4 Å². The van der Waals surface area contributed by atoms with E-state index >= 15 is 0 Å². The van der Waals surface area contributed by atoms with Gasteiger partial charge in [0.25, 0.3) is 0 Å². The first-order valence-corrected chi connectivity index (χ1v) is 7.87. The van der Waals surface area contributed by atoms with E-state index in [-0.39, 0.29) is 5.75 Å². The molecule has 0 radical (unpaired) electrons. The van der Waals surface area contributed by atoms with Crippen molar-refractivity contribution in [2.24, 2.45) is 5.41 Å². The van der Waals surface area contributed by atoms with Crippen molar-refractivity contribution in [2.75, 3.05) is 5.75 Å². The Kier molecular flexibility index (Phi) is 3.41. The first kappa shape index (κ1) is 14.0. The van der Waals surface area contributed by atoms with Crippen LogP contribution < -0.4 is 0 Å². The quantitative estimate of drug-likeness (QED) is 0.796. The van der Waals surface area contributed by atoms with Crippen molar-refractivity contribution in [3.8, 4) is 6.07 Å². The smallest absolute Gasteiger partial charge is 0.155 e. The number of halogens is 1. The van der Waals surface area contributed by atoms with Crippen molar-refractivity contribution in [3.63, 3.8) is 0 Å². The van der Waals surface area contributed by atoms with Gasteiger partial charge in [0.1, 0.15) is 11.7 Å². The second-order valence-corrected chi connectivity index (χ2v) is 7.41. The second-order valence-electron chi connectivity index (χ2n) is 4.56. The van der Waals surface area contributed by atoms with E-state index in [1.54, 1.807) is 24.3 Å². The fourth-order valence-electron chi connectivity index (χ4n) is 2.48. The van der Waals surface area contributed by atoms with Crippen molar-refractivity contribution in [1.29, 1.82) is 5.26 Å². The van der Waals surface area contributed by atoms with Gasteiger partial charge in [-0.2, -0.15) is 5.26 Å². The van der Waals surface area contributed by atoms with Gasteiger partial charge in [0.15, 0.2) is 9.84 Å². The van der Waals surface area contributed by atoms with Crippen molar-refractivity contribution in [2.45, 2.75) is 18.1 Å². The van der Waals surface area contributed by atoms with Crippen LogP contribution in [0.5, 0.6) is 0 Å². The Morgan fingerprint density at radius 1 is 1.42 bits per heavy atom. The van der Waals surface area contributed by atoms with Gasteiger partial charge in [-0.15, -0.1) is 0 Å². The zero-order chi connectivity index (χ0) is 14.3. The van der Waals surface area contributed by atoms with Gasteiger partial charge in [-0.05, 0) is 17.7 Å². The van der Waals surface area contributed by atoms with E-state index in [2.05, 4.69) is 0 Å². The monoisotopic (exact) mass is 297 g/mol. The third kappa shape index (κ3) is 2.05. The number of sulfone groups is 1. The highest BCUT2D eigenvalue weighted by Crippen LogP contribution is 2.61. The second kappa shape index (κ2) is 4.62. The lowest BCUT2D eigenvalue weighted by Gasteiger charge is -2.00. The average molecular weight is 298 g/mol. The van der Waals surface area contributed by atoms with E-state index in [0.29, 0.717) is 16.9 Å². The fourth-order valence-corrected chi connectivity index (χ4v) is 4.53. The van der Waals surface area contributed by atoms with Crippen LogP contribution in [0.4, 0.5) is 0 Å². The molecule has 1 aromatic rings. The molecule has 2 rings (SSSR count). The maximum Gasteiger partial charge on any atom is 0.155 e. The Morgan fingerprint density at radius 2 is 2.00 bits per heavy atom. The molecule has 0 spiro atoms. The predicted octanol–water partition coefficient (Wildman–Crippen LogP) is 1.95. The normalized spacial score (nSPS) is 29.5. The van der Waals surface area contributed by atoms with Crippen LogP contribution in [0.25, 0.3) is 0 Å². The van der Waals surface area contributed by atoms with Crippen LogP contribution in [-0.2, 0) is 14.6 Å². The zero-order valence-electron chi connectivity index (χ0n) is 10.2. The molecule has 0 aliphatic heterocycles. The summed E-state index contributed by atoms with van der Waals surface area (Å²) in [4.78, 5) is 11.2. The highest BCUT2D eigenvalue weighted by molar-refractivity contribution is 7.92. The maximum absolute atomic E-state index is 12.0. The number of benzene rings is 1. The van der Waals surface area contributed by atoms with E-state index in [9.17, 15) is 18.5 Å². The molecule has 100 valence electrons. The van der Waals surface area contributed by atoms with Gasteiger partial charge < -0.3 is 4.79 Å². The molecule has 1 saturated carbocycles. The minimum Gasteiger partial charge on any atom is -0.302 e. The van der Waals surface area contributed by atoms with Gasteiger partial charge in [0.2, 0.25) is 0 Å². The summed E-state index contributed by atoms with van der Waals surface area (Å²) < 4.78 is 24.0. The van der Waals surface area contributed by atoms with Gasteiger partial charge >= 0.3 is 0 Å². The third-order valence-corrected chi connectivity index (χ3v) is 6.08. The zero-order valence-corrected chi connectivity index (χ0v) is 11.8. The lowest BCUT2D eigenvalue weighted by atomic mass is 10.0. The summed E-state index contributed by atoms with van der Waals surface area (Å²) >= 11 is 5.78. The Labute approximate surface area is 116 Å². The van der Waals surface area contributed by atoms with Crippen LogP contribution >= 0.6 is 11.6 Å². The lowest BCUT2D eigenvalue weighted by molar-refractivity contribution is -0.110. The lowest BCUT2D eigenvalue weighted by Crippen LogP contribution is -2.17. The molecule has 0 N–H and O–H groups in total. The van der Waals surface area contributed by atoms with Crippen molar-refractivity contribution < 1.29 is 13.2 Å². The van der Waals surface area contributed by atoms with Crippen LogP contribution in [0.3, 0.4) is 0 Å². The highest BCUT2D eigenvalue weighted by Gasteiger charge is 2.72. The van der Waals surface area contributed by atoms with E-state index < -0.39 is 26.4 Å². The minimum absolute atomic E-state index is 0.0843. The first-order valence-electron chi connectivity index (χ1n) is 5.77. The number of rotatable bonds is 4. The Balaban J connectivity index is 2.49. The Bertz CT molecular complexity index is 647. The van der Waals surface area contributed by atoms with Crippen molar-refractivity contribution >= 4 is 27.7 Å². The molecule has 6 heteroatoms. The molecule has 3 atom stereocenters. The Hall–Kier alpha value is -1.38. The number of nitrogens with zero attached hydrogens (tertiary/aromatic N) is 1. The van der Waals surface area contributed by atoms with Gasteiger partial charge in [0.05, 0.1) is 11.3 Å². The molecule has 1 aliphatic carbocycles. The molecule has 0 amide bonds. The van der Waals surface area contributed by atoms with Crippen LogP contribution in [0.15, 0.2) is 24.3 Å². The van der Waals surface area contributed by atoms with Crippen molar-refractivity contribution in [3.05, 3.63) is 34.9 Å². The standard InChI is InChI=1S/C13H12ClNO3S/c1-2-19(17,18)12-11(13(12,7-15)8-16)9-3-5-10(14)6-4-9/h3-6,8,11-12H,2H2,1H3/t11-,12-,13-/m1/s1. The summed E-state index contributed by atoms with van der Waals surface area (Å²) in [5.74, 6) is -0.684. The van der Waals surface area contributed by atoms with Crippen LogP contribution in [0, 0.1) is 16.7 Å². The molecule has 4 nitrogen and oxygen atoms in total. The SMILES string of the molecule is CCS(=O)(=O)[C@@H]1[C@@H](c2ccc(Cl)cc2)[C@@]1(C#N)C=O. The molecule has 0 aromatic heterocycles. The molecular formula is C13H12ClNO3S. The van der Waals surface area contributed by atoms with Gasteiger partial charge in [-0.25, -0.2) is 8.42 Å². The van der Waals surface area contributed by atoms with E-state index in [0.717, 1.165) is 0 Å². The first-order chi connectivity index (χ1) is 8.93. The van der Waals surface area contributed by atoms with Crippen LogP contribution in [-0.4, -0.2) is 25.7 Å². The molecule has 0 heterocycles. The number of hydrogen-bond donors (Lipinski definition) is 0. The summed E-state index contributed by atoms with van der Waals surface area (Å²) in [6.07, 6.45) is 0.462. The van der Waals surface area contributed by atoms with Gasteiger partial charge in [0, 0.05) is 16.7 Å². The number of nitriles is 1. The van der Waals surface area contributed by atoms with Gasteiger partial charge in [-0.1, -0.05) is 30.7 Å². The third-order valence-electron chi connectivity index (χ3n) is 3.59. The molecule has 0 bridgehead atoms. The summed E-state index contributed by atoms with van der Waals surface area (Å²) in [6.45, 7) is 1.51. The number of hydrogen-bond acceptors (Lipinski definition) is 4. The average Bonchev–Trinajstić information content (AvgIpc) is 3.10. The maximum atomic E-state index is 12.0. The molecule has 0 saturated heterocycles. The summed E-state index contributed by atoms with van der Waals surface area (Å²) in [6, 6.07) is 8.44. The molecule has 1 fully saturated rings. The minimum atomic E-state index is -3.45. The molecular weight excluding hydrogens is 286 g/mol. The molecule has 1 aromatic carbocycles. The summed E-state index contributed by atoms with van der Waals surface area (Å²) in [7, 11) is -3.45. The molecule has 0 unspecified atom stereocenters. The van der Waals surface area contributed by atoms with E-state index in [1.165, 1.54) is 6.92 Å². The predicted molar refractivity (Wildman–Crippen MR) is 71.6 cm³/mol.